The average molecular weight is 335 g/mol. The molecule has 3 aromatic rings. The van der Waals surface area contributed by atoms with E-state index in [9.17, 15) is 9.59 Å². The van der Waals surface area contributed by atoms with Crippen LogP contribution < -0.4 is 15.6 Å². The molecule has 1 N–H and O–H groups in total. The van der Waals surface area contributed by atoms with Gasteiger partial charge in [0, 0.05) is 17.6 Å². The fourth-order valence-electron chi connectivity index (χ4n) is 2.49. The lowest BCUT2D eigenvalue weighted by Gasteiger charge is -2.09. The van der Waals surface area contributed by atoms with Crippen LogP contribution in [-0.2, 0) is 11.3 Å². The number of nitrogens with zero attached hydrogens (tertiary/aromatic N) is 2. The maximum absolute atomic E-state index is 12.1. The highest BCUT2D eigenvalue weighted by Crippen LogP contribution is 2.11. The van der Waals surface area contributed by atoms with Crippen LogP contribution in [0.2, 0.25) is 0 Å². The van der Waals surface area contributed by atoms with E-state index in [1.54, 1.807) is 36.2 Å². The number of hydrazone groups is 1. The molecule has 1 amide bonds. The number of carbonyl (C=O) groups is 1. The number of rotatable bonds is 5. The zero-order valence-electron chi connectivity index (χ0n) is 13.7. The van der Waals surface area contributed by atoms with Gasteiger partial charge in [-0.2, -0.15) is 5.10 Å². The van der Waals surface area contributed by atoms with Gasteiger partial charge in [-0.05, 0) is 29.8 Å². The standard InChI is InChI=1S/C19H17N3O3/c1-25-15-6-4-5-14(11-15)12-20-21-19(24)13-22-10-9-18(23)16-7-2-3-8-17(16)22/h2-12H,13H2,1H3,(H,21,24). The molecule has 0 aliphatic carbocycles. The maximum atomic E-state index is 12.1. The van der Waals surface area contributed by atoms with Crippen LogP contribution in [-0.4, -0.2) is 23.8 Å². The predicted molar refractivity (Wildman–Crippen MR) is 96.9 cm³/mol. The normalized spacial score (nSPS) is 10.9. The van der Waals surface area contributed by atoms with Gasteiger partial charge in [-0.25, -0.2) is 5.43 Å². The number of fused-ring (bicyclic) bond motifs is 1. The van der Waals surface area contributed by atoms with E-state index in [-0.39, 0.29) is 17.9 Å². The molecule has 0 spiro atoms. The lowest BCUT2D eigenvalue weighted by atomic mass is 10.2. The quantitative estimate of drug-likeness (QED) is 0.574. The molecule has 0 saturated carbocycles. The first kappa shape index (κ1) is 16.4. The van der Waals surface area contributed by atoms with Crippen LogP contribution in [0.3, 0.4) is 0 Å². The van der Waals surface area contributed by atoms with Gasteiger partial charge in [-0.15, -0.1) is 0 Å². The fraction of sp³-hybridized carbons (Fsp3) is 0.105. The molecule has 126 valence electrons. The Kier molecular flexibility index (Phi) is 4.89. The van der Waals surface area contributed by atoms with Crippen molar-refractivity contribution in [3.8, 4) is 5.75 Å². The third-order valence-corrected chi connectivity index (χ3v) is 3.70. The van der Waals surface area contributed by atoms with Crippen molar-refractivity contribution in [3.63, 3.8) is 0 Å². The Morgan fingerprint density at radius 1 is 1.20 bits per heavy atom. The molecule has 2 aromatic carbocycles. The minimum Gasteiger partial charge on any atom is -0.497 e. The van der Waals surface area contributed by atoms with Crippen LogP contribution in [0.4, 0.5) is 0 Å². The van der Waals surface area contributed by atoms with Crippen molar-refractivity contribution >= 4 is 23.0 Å². The Balaban J connectivity index is 1.70. The largest absolute Gasteiger partial charge is 0.497 e. The van der Waals surface area contributed by atoms with Gasteiger partial charge in [-0.3, -0.25) is 9.59 Å². The van der Waals surface area contributed by atoms with E-state index in [0.717, 1.165) is 11.3 Å². The Morgan fingerprint density at radius 2 is 2.04 bits per heavy atom. The monoisotopic (exact) mass is 335 g/mol. The minimum atomic E-state index is -0.284. The van der Waals surface area contributed by atoms with E-state index in [4.69, 9.17) is 4.74 Å². The van der Waals surface area contributed by atoms with Crippen LogP contribution >= 0.6 is 0 Å². The van der Waals surface area contributed by atoms with E-state index in [2.05, 4.69) is 10.5 Å². The molecule has 1 heterocycles. The molecule has 6 nitrogen and oxygen atoms in total. The minimum absolute atomic E-state index is 0.0657. The second-order valence-corrected chi connectivity index (χ2v) is 5.39. The topological polar surface area (TPSA) is 72.7 Å². The smallest absolute Gasteiger partial charge is 0.259 e. The summed E-state index contributed by atoms with van der Waals surface area (Å²) in [6.45, 7) is 0.0657. The SMILES string of the molecule is COc1cccc(C=NNC(=O)Cn2ccc(=O)c3ccccc32)c1. The van der Waals surface area contributed by atoms with Crippen molar-refractivity contribution < 1.29 is 9.53 Å². The number of benzene rings is 2. The number of para-hydroxylation sites is 1. The summed E-state index contributed by atoms with van der Waals surface area (Å²) < 4.78 is 6.85. The molecule has 0 unspecified atom stereocenters. The number of pyridine rings is 1. The van der Waals surface area contributed by atoms with Gasteiger partial charge in [0.1, 0.15) is 12.3 Å². The number of carbonyl (C=O) groups excluding carboxylic acids is 1. The Hall–Kier alpha value is -3.41. The van der Waals surface area contributed by atoms with Gasteiger partial charge in [0.15, 0.2) is 5.43 Å². The first-order valence-electron chi connectivity index (χ1n) is 7.71. The Morgan fingerprint density at radius 3 is 2.88 bits per heavy atom. The fourth-order valence-corrected chi connectivity index (χ4v) is 2.49. The number of hydrogen-bond acceptors (Lipinski definition) is 4. The number of nitrogens with one attached hydrogen (secondary N) is 1. The van der Waals surface area contributed by atoms with E-state index >= 15 is 0 Å². The number of hydrogen-bond donors (Lipinski definition) is 1. The van der Waals surface area contributed by atoms with Crippen molar-refractivity contribution in [1.29, 1.82) is 0 Å². The first-order valence-corrected chi connectivity index (χ1v) is 7.71. The highest BCUT2D eigenvalue weighted by molar-refractivity contribution is 5.84. The molecule has 0 saturated heterocycles. The van der Waals surface area contributed by atoms with Gasteiger partial charge in [0.2, 0.25) is 0 Å². The lowest BCUT2D eigenvalue weighted by Crippen LogP contribution is -2.24. The molecular weight excluding hydrogens is 318 g/mol. The third kappa shape index (κ3) is 3.92. The lowest BCUT2D eigenvalue weighted by molar-refractivity contribution is -0.121. The van der Waals surface area contributed by atoms with Crippen molar-refractivity contribution in [3.05, 3.63) is 76.6 Å². The maximum Gasteiger partial charge on any atom is 0.259 e. The van der Waals surface area contributed by atoms with Crippen LogP contribution in [0.5, 0.6) is 5.75 Å². The zero-order chi connectivity index (χ0) is 17.6. The van der Waals surface area contributed by atoms with E-state index in [1.807, 2.05) is 36.4 Å². The van der Waals surface area contributed by atoms with E-state index in [0.29, 0.717) is 10.9 Å². The molecule has 0 fully saturated rings. The van der Waals surface area contributed by atoms with Gasteiger partial charge >= 0.3 is 0 Å². The molecule has 25 heavy (non-hydrogen) atoms. The summed E-state index contributed by atoms with van der Waals surface area (Å²) in [7, 11) is 1.59. The molecule has 3 rings (SSSR count). The molecule has 1 aromatic heterocycles. The highest BCUT2D eigenvalue weighted by Gasteiger charge is 2.05. The van der Waals surface area contributed by atoms with Gasteiger partial charge in [-0.1, -0.05) is 24.3 Å². The van der Waals surface area contributed by atoms with Crippen LogP contribution in [0.25, 0.3) is 10.9 Å². The summed E-state index contributed by atoms with van der Waals surface area (Å²) >= 11 is 0. The second kappa shape index (κ2) is 7.44. The van der Waals surface area contributed by atoms with Gasteiger partial charge < -0.3 is 9.30 Å². The number of ether oxygens (including phenoxy) is 1. The van der Waals surface area contributed by atoms with Gasteiger partial charge in [0.05, 0.1) is 18.8 Å². The van der Waals surface area contributed by atoms with Gasteiger partial charge in [0.25, 0.3) is 5.91 Å². The molecule has 6 heteroatoms. The first-order chi connectivity index (χ1) is 12.2. The number of methoxy groups -OCH3 is 1. The second-order valence-electron chi connectivity index (χ2n) is 5.39. The molecule has 0 aliphatic heterocycles. The Bertz CT molecular complexity index is 992. The van der Waals surface area contributed by atoms with Crippen molar-refractivity contribution in [2.75, 3.05) is 7.11 Å². The average Bonchev–Trinajstić information content (AvgIpc) is 2.64. The number of aromatic nitrogens is 1. The molecular formula is C19H17N3O3. The van der Waals surface area contributed by atoms with E-state index in [1.165, 1.54) is 6.07 Å². The van der Waals surface area contributed by atoms with Crippen LogP contribution in [0.15, 0.2) is 70.7 Å². The summed E-state index contributed by atoms with van der Waals surface area (Å²) in [6, 6.07) is 16.0. The predicted octanol–water partition coefficient (Wildman–Crippen LogP) is 2.16. The zero-order valence-corrected chi connectivity index (χ0v) is 13.7. The van der Waals surface area contributed by atoms with E-state index < -0.39 is 0 Å². The molecule has 0 bridgehead atoms. The van der Waals surface area contributed by atoms with Crippen molar-refractivity contribution in [1.82, 2.24) is 9.99 Å². The van der Waals surface area contributed by atoms with Crippen molar-refractivity contribution in [2.45, 2.75) is 6.54 Å². The van der Waals surface area contributed by atoms with Crippen LogP contribution in [0.1, 0.15) is 5.56 Å². The number of amides is 1. The van der Waals surface area contributed by atoms with Crippen LogP contribution in [0, 0.1) is 0 Å². The Labute approximate surface area is 144 Å². The summed E-state index contributed by atoms with van der Waals surface area (Å²) in [4.78, 5) is 24.0. The molecule has 0 aliphatic rings. The summed E-state index contributed by atoms with van der Waals surface area (Å²) in [5, 5.41) is 4.54. The highest BCUT2D eigenvalue weighted by atomic mass is 16.5. The summed E-state index contributed by atoms with van der Waals surface area (Å²) in [6.07, 6.45) is 3.15. The third-order valence-electron chi connectivity index (χ3n) is 3.70. The molecule has 0 radical (unpaired) electrons. The summed E-state index contributed by atoms with van der Waals surface area (Å²) in [5.74, 6) is 0.433. The van der Waals surface area contributed by atoms with Crippen molar-refractivity contribution in [2.24, 2.45) is 5.10 Å². The summed E-state index contributed by atoms with van der Waals surface area (Å²) in [5.41, 5.74) is 3.94. The molecule has 0 atom stereocenters.